The van der Waals surface area contributed by atoms with Crippen LogP contribution >= 0.6 is 24.8 Å². The van der Waals surface area contributed by atoms with Crippen LogP contribution < -0.4 is 20.9 Å². The topological polar surface area (TPSA) is 70.5 Å². The van der Waals surface area contributed by atoms with Gasteiger partial charge in [-0.1, -0.05) is 25.5 Å². The van der Waals surface area contributed by atoms with E-state index in [4.69, 9.17) is 20.9 Å². The Morgan fingerprint density at radius 2 is 1.35 bits per heavy atom. The minimum absolute atomic E-state index is 0. The van der Waals surface area contributed by atoms with E-state index in [0.717, 1.165) is 19.3 Å². The van der Waals surface area contributed by atoms with Crippen LogP contribution in [-0.2, 0) is 0 Å². The van der Waals surface area contributed by atoms with E-state index in [2.05, 4.69) is 6.92 Å². The molecular formula is C17H24Cl2N2O2. The first kappa shape index (κ1) is 21.2. The molecule has 23 heavy (non-hydrogen) atoms. The predicted octanol–water partition coefficient (Wildman–Crippen LogP) is 4.67. The van der Waals surface area contributed by atoms with Crippen LogP contribution in [0.3, 0.4) is 0 Å². The molecule has 0 aliphatic carbocycles. The van der Waals surface area contributed by atoms with Crippen molar-refractivity contribution in [2.45, 2.75) is 32.5 Å². The molecular weight excluding hydrogens is 335 g/mol. The van der Waals surface area contributed by atoms with Gasteiger partial charge >= 0.3 is 0 Å². The molecule has 0 spiro atoms. The molecule has 6 heteroatoms. The number of benzene rings is 2. The Bertz CT molecular complexity index is 535. The zero-order valence-electron chi connectivity index (χ0n) is 13.1. The van der Waals surface area contributed by atoms with Gasteiger partial charge in [0, 0.05) is 29.9 Å². The lowest BCUT2D eigenvalue weighted by atomic mass is 10.2. The number of unbranched alkanes of at least 4 members (excludes halogenated alkanes) is 1. The third kappa shape index (κ3) is 7.35. The fourth-order valence-electron chi connectivity index (χ4n) is 1.99. The lowest BCUT2D eigenvalue weighted by Gasteiger charge is -2.20. The molecule has 2 rings (SSSR count). The van der Waals surface area contributed by atoms with Gasteiger partial charge in [0.15, 0.2) is 0 Å². The Kier molecular flexibility index (Phi) is 10.0. The smallest absolute Gasteiger partial charge is 0.241 e. The van der Waals surface area contributed by atoms with Gasteiger partial charge < -0.3 is 20.9 Å². The van der Waals surface area contributed by atoms with Crippen molar-refractivity contribution in [1.29, 1.82) is 0 Å². The first-order chi connectivity index (χ1) is 10.2. The fourth-order valence-corrected chi connectivity index (χ4v) is 1.99. The molecule has 0 aromatic heterocycles. The molecule has 4 nitrogen and oxygen atoms in total. The van der Waals surface area contributed by atoms with Gasteiger partial charge in [0.2, 0.25) is 6.29 Å². The van der Waals surface area contributed by atoms with Crippen LogP contribution in [0.4, 0.5) is 11.4 Å². The maximum absolute atomic E-state index is 5.90. The summed E-state index contributed by atoms with van der Waals surface area (Å²) in [7, 11) is 0. The molecule has 2 aromatic rings. The molecule has 0 aliphatic rings. The van der Waals surface area contributed by atoms with Crippen LogP contribution in [0.25, 0.3) is 0 Å². The lowest BCUT2D eigenvalue weighted by molar-refractivity contribution is -0.00201. The Morgan fingerprint density at radius 3 is 1.74 bits per heavy atom. The van der Waals surface area contributed by atoms with E-state index in [1.807, 2.05) is 36.4 Å². The number of hydrogen-bond donors (Lipinski definition) is 2. The number of hydrogen-bond acceptors (Lipinski definition) is 4. The van der Waals surface area contributed by atoms with Crippen molar-refractivity contribution in [2.75, 3.05) is 11.5 Å². The molecule has 0 radical (unpaired) electrons. The third-order valence-electron chi connectivity index (χ3n) is 3.04. The Hall–Kier alpha value is -1.78. The molecule has 4 N–H and O–H groups in total. The summed E-state index contributed by atoms with van der Waals surface area (Å²) in [6.45, 7) is 2.14. The van der Waals surface area contributed by atoms with Gasteiger partial charge in [0.1, 0.15) is 11.5 Å². The van der Waals surface area contributed by atoms with Crippen LogP contribution in [0.5, 0.6) is 11.5 Å². The molecule has 0 aliphatic heterocycles. The van der Waals surface area contributed by atoms with E-state index >= 15 is 0 Å². The Balaban J connectivity index is 0.00000242. The maximum Gasteiger partial charge on any atom is 0.241 e. The number of nitrogen functional groups attached to an aromatic ring is 2. The summed E-state index contributed by atoms with van der Waals surface area (Å²) in [5.74, 6) is 1.42. The summed E-state index contributed by atoms with van der Waals surface area (Å²) in [5, 5.41) is 0. The molecule has 0 atom stereocenters. The highest BCUT2D eigenvalue weighted by Gasteiger charge is 2.12. The highest BCUT2D eigenvalue weighted by molar-refractivity contribution is 5.85. The first-order valence-corrected chi connectivity index (χ1v) is 7.22. The summed E-state index contributed by atoms with van der Waals surface area (Å²) >= 11 is 0. The van der Waals surface area contributed by atoms with Crippen molar-refractivity contribution in [3.05, 3.63) is 48.5 Å². The van der Waals surface area contributed by atoms with Gasteiger partial charge in [-0.25, -0.2) is 0 Å². The van der Waals surface area contributed by atoms with Crippen LogP contribution in [-0.4, -0.2) is 6.29 Å². The van der Waals surface area contributed by atoms with Crippen molar-refractivity contribution in [3.63, 3.8) is 0 Å². The van der Waals surface area contributed by atoms with E-state index in [1.165, 1.54) is 0 Å². The largest absolute Gasteiger partial charge is 0.455 e. The first-order valence-electron chi connectivity index (χ1n) is 7.22. The lowest BCUT2D eigenvalue weighted by Crippen LogP contribution is -2.24. The van der Waals surface area contributed by atoms with E-state index in [0.29, 0.717) is 22.9 Å². The zero-order chi connectivity index (χ0) is 15.1. The van der Waals surface area contributed by atoms with Crippen molar-refractivity contribution in [3.8, 4) is 11.5 Å². The standard InChI is InChI=1S/C17H22N2O2.2ClH/c1-2-3-10-17(20-15-8-4-6-13(18)11-15)21-16-9-5-7-14(19)12-16;;/h4-9,11-12,17H,2-3,10,18-19H2,1H3;2*1H. The van der Waals surface area contributed by atoms with Gasteiger partial charge in [-0.15, -0.1) is 24.8 Å². The number of halogens is 2. The summed E-state index contributed by atoms with van der Waals surface area (Å²) in [6.07, 6.45) is 2.56. The highest BCUT2D eigenvalue weighted by Crippen LogP contribution is 2.22. The second-order valence-electron chi connectivity index (χ2n) is 4.95. The van der Waals surface area contributed by atoms with Crippen LogP contribution in [0, 0.1) is 0 Å². The maximum atomic E-state index is 5.90. The number of anilines is 2. The third-order valence-corrected chi connectivity index (χ3v) is 3.04. The van der Waals surface area contributed by atoms with E-state index in [1.54, 1.807) is 12.1 Å². The minimum Gasteiger partial charge on any atom is -0.455 e. The number of rotatable bonds is 7. The zero-order valence-corrected chi connectivity index (χ0v) is 14.7. The summed E-state index contributed by atoms with van der Waals surface area (Å²) in [5.41, 5.74) is 12.9. The van der Waals surface area contributed by atoms with Crippen molar-refractivity contribution in [1.82, 2.24) is 0 Å². The number of ether oxygens (including phenoxy) is 2. The van der Waals surface area contributed by atoms with Crippen LogP contribution in [0.15, 0.2) is 48.5 Å². The molecule has 0 amide bonds. The molecule has 128 valence electrons. The van der Waals surface area contributed by atoms with Crippen LogP contribution in [0.1, 0.15) is 26.2 Å². The van der Waals surface area contributed by atoms with E-state index < -0.39 is 0 Å². The molecule has 0 heterocycles. The van der Waals surface area contributed by atoms with Crippen molar-refractivity contribution >= 4 is 36.2 Å². The van der Waals surface area contributed by atoms with Gasteiger partial charge in [-0.3, -0.25) is 0 Å². The van der Waals surface area contributed by atoms with E-state index in [9.17, 15) is 0 Å². The van der Waals surface area contributed by atoms with Gasteiger partial charge in [-0.05, 0) is 30.7 Å². The van der Waals surface area contributed by atoms with Gasteiger partial charge in [0.25, 0.3) is 0 Å². The fraction of sp³-hybridized carbons (Fsp3) is 0.294. The molecule has 2 aromatic carbocycles. The molecule has 0 saturated carbocycles. The molecule has 0 unspecified atom stereocenters. The van der Waals surface area contributed by atoms with Gasteiger partial charge in [-0.2, -0.15) is 0 Å². The molecule has 0 saturated heterocycles. The van der Waals surface area contributed by atoms with Crippen molar-refractivity contribution < 1.29 is 9.47 Å². The average molecular weight is 359 g/mol. The minimum atomic E-state index is -0.353. The average Bonchev–Trinajstić information content (AvgIpc) is 2.45. The van der Waals surface area contributed by atoms with Crippen molar-refractivity contribution in [2.24, 2.45) is 0 Å². The molecule has 0 fully saturated rings. The quantitative estimate of drug-likeness (QED) is 0.557. The van der Waals surface area contributed by atoms with Gasteiger partial charge in [0.05, 0.1) is 0 Å². The summed E-state index contributed by atoms with van der Waals surface area (Å²) in [6, 6.07) is 14.7. The highest BCUT2D eigenvalue weighted by atomic mass is 35.5. The second kappa shape index (κ2) is 10.9. The Labute approximate surface area is 150 Å². The van der Waals surface area contributed by atoms with Crippen LogP contribution in [0.2, 0.25) is 0 Å². The van der Waals surface area contributed by atoms with E-state index in [-0.39, 0.29) is 31.1 Å². The number of nitrogens with two attached hydrogens (primary N) is 2. The SMILES string of the molecule is CCCCC(Oc1cccc(N)c1)Oc1cccc(N)c1.Cl.Cl. The summed E-state index contributed by atoms with van der Waals surface area (Å²) < 4.78 is 11.8. The Morgan fingerprint density at radius 1 is 0.870 bits per heavy atom. The second-order valence-corrected chi connectivity index (χ2v) is 4.95. The monoisotopic (exact) mass is 358 g/mol. The molecule has 0 bridgehead atoms. The summed E-state index contributed by atoms with van der Waals surface area (Å²) in [4.78, 5) is 0. The normalized spacial score (nSPS) is 9.65. The predicted molar refractivity (Wildman–Crippen MR) is 101 cm³/mol.